The summed E-state index contributed by atoms with van der Waals surface area (Å²) in [6.45, 7) is 2.51. The van der Waals surface area contributed by atoms with E-state index in [1.165, 1.54) is 22.7 Å². The van der Waals surface area contributed by atoms with Gasteiger partial charge in [0.05, 0.1) is 18.6 Å². The molecular formula is C19H15N3O3S2. The predicted octanol–water partition coefficient (Wildman–Crippen LogP) is 5.18. The van der Waals surface area contributed by atoms with Crippen LogP contribution >= 0.6 is 22.7 Å². The minimum atomic E-state index is -0.303. The molecule has 27 heavy (non-hydrogen) atoms. The fourth-order valence-electron chi connectivity index (χ4n) is 2.47. The summed E-state index contributed by atoms with van der Waals surface area (Å²) in [7, 11) is 0. The second kappa shape index (κ2) is 7.73. The van der Waals surface area contributed by atoms with Gasteiger partial charge in [0.1, 0.15) is 11.4 Å². The summed E-state index contributed by atoms with van der Waals surface area (Å²) in [6.07, 6.45) is 1.58. The molecule has 0 bridgehead atoms. The van der Waals surface area contributed by atoms with Crippen molar-refractivity contribution in [3.63, 3.8) is 0 Å². The van der Waals surface area contributed by atoms with E-state index in [4.69, 9.17) is 9.15 Å². The molecule has 3 aromatic heterocycles. The van der Waals surface area contributed by atoms with Crippen molar-refractivity contribution in [2.24, 2.45) is 0 Å². The molecule has 8 heteroatoms. The number of amides is 1. The number of hydrogen-bond acceptors (Lipinski definition) is 7. The number of furan rings is 1. The quantitative estimate of drug-likeness (QED) is 0.485. The molecule has 0 spiro atoms. The van der Waals surface area contributed by atoms with Crippen LogP contribution in [0.3, 0.4) is 0 Å². The number of ether oxygens (including phenoxy) is 1. The molecule has 0 saturated carbocycles. The maximum atomic E-state index is 12.5. The van der Waals surface area contributed by atoms with E-state index in [1.54, 1.807) is 17.7 Å². The Hall–Kier alpha value is -2.97. The van der Waals surface area contributed by atoms with Crippen molar-refractivity contribution in [1.29, 1.82) is 0 Å². The Kier molecular flexibility index (Phi) is 4.99. The van der Waals surface area contributed by atoms with Gasteiger partial charge in [-0.15, -0.1) is 22.7 Å². The molecule has 4 aromatic rings. The summed E-state index contributed by atoms with van der Waals surface area (Å²) < 4.78 is 11.0. The summed E-state index contributed by atoms with van der Waals surface area (Å²) in [5.74, 6) is 1.11. The summed E-state index contributed by atoms with van der Waals surface area (Å²) in [4.78, 5) is 21.3. The number of nitrogens with one attached hydrogen (secondary N) is 1. The Morgan fingerprint density at radius 2 is 2.04 bits per heavy atom. The Labute approximate surface area is 163 Å². The zero-order valence-electron chi connectivity index (χ0n) is 14.3. The fourth-order valence-corrected chi connectivity index (χ4v) is 3.94. The van der Waals surface area contributed by atoms with Crippen molar-refractivity contribution < 1.29 is 13.9 Å². The average Bonchev–Trinajstić information content (AvgIpc) is 3.43. The van der Waals surface area contributed by atoms with Gasteiger partial charge in [0.15, 0.2) is 15.9 Å². The third-order valence-corrected chi connectivity index (χ3v) is 5.27. The van der Waals surface area contributed by atoms with E-state index in [2.05, 4.69) is 15.3 Å². The standard InChI is InChI=1S/C19H15N3O3S2/c1-2-24-15-7-4-3-6-12(15)13-10-27-19(21-13)22-17(23)14-11-26-18(20-14)16-8-5-9-25-16/h3-11H,2H2,1H3,(H,21,22,23). The predicted molar refractivity (Wildman–Crippen MR) is 106 cm³/mol. The number of rotatable bonds is 6. The number of thiazole rings is 2. The number of anilines is 1. The largest absolute Gasteiger partial charge is 0.493 e. The van der Waals surface area contributed by atoms with Crippen LogP contribution in [-0.2, 0) is 0 Å². The lowest BCUT2D eigenvalue weighted by Gasteiger charge is -2.07. The number of benzene rings is 1. The van der Waals surface area contributed by atoms with E-state index in [0.29, 0.717) is 28.2 Å². The summed E-state index contributed by atoms with van der Waals surface area (Å²) in [5, 5.41) is 7.56. The molecule has 0 aliphatic heterocycles. The molecule has 0 radical (unpaired) electrons. The highest BCUT2D eigenvalue weighted by atomic mass is 32.1. The molecule has 0 atom stereocenters. The number of para-hydroxylation sites is 1. The topological polar surface area (TPSA) is 77.2 Å². The smallest absolute Gasteiger partial charge is 0.276 e. The van der Waals surface area contributed by atoms with Gasteiger partial charge >= 0.3 is 0 Å². The molecule has 0 unspecified atom stereocenters. The molecule has 4 rings (SSSR count). The van der Waals surface area contributed by atoms with Gasteiger partial charge in [-0.05, 0) is 31.2 Å². The minimum Gasteiger partial charge on any atom is -0.493 e. The molecule has 3 heterocycles. The molecule has 0 aliphatic rings. The van der Waals surface area contributed by atoms with Gasteiger partial charge in [0.2, 0.25) is 0 Å². The molecular weight excluding hydrogens is 382 g/mol. The first-order valence-corrected chi connectivity index (χ1v) is 9.99. The lowest BCUT2D eigenvalue weighted by atomic mass is 10.1. The molecule has 0 fully saturated rings. The second-order valence-corrected chi connectivity index (χ2v) is 7.15. The van der Waals surface area contributed by atoms with Crippen LogP contribution in [0.1, 0.15) is 17.4 Å². The van der Waals surface area contributed by atoms with Crippen LogP contribution in [0, 0.1) is 0 Å². The van der Waals surface area contributed by atoms with Crippen LogP contribution in [-0.4, -0.2) is 22.5 Å². The minimum absolute atomic E-state index is 0.303. The number of hydrogen-bond donors (Lipinski definition) is 1. The number of carbonyl (C=O) groups excluding carboxylic acids is 1. The van der Waals surface area contributed by atoms with Gasteiger partial charge in [-0.2, -0.15) is 0 Å². The van der Waals surface area contributed by atoms with E-state index in [-0.39, 0.29) is 5.91 Å². The van der Waals surface area contributed by atoms with Gasteiger partial charge in [-0.3, -0.25) is 10.1 Å². The first-order valence-electron chi connectivity index (χ1n) is 8.23. The highest BCUT2D eigenvalue weighted by molar-refractivity contribution is 7.14. The van der Waals surface area contributed by atoms with Crippen LogP contribution in [0.4, 0.5) is 5.13 Å². The third kappa shape index (κ3) is 3.76. The first kappa shape index (κ1) is 17.4. The maximum absolute atomic E-state index is 12.5. The molecule has 136 valence electrons. The Morgan fingerprint density at radius 3 is 2.85 bits per heavy atom. The van der Waals surface area contributed by atoms with Crippen molar-refractivity contribution in [2.45, 2.75) is 6.92 Å². The van der Waals surface area contributed by atoms with E-state index in [1.807, 2.05) is 42.6 Å². The van der Waals surface area contributed by atoms with Crippen LogP contribution in [0.5, 0.6) is 5.75 Å². The molecule has 6 nitrogen and oxygen atoms in total. The molecule has 0 aliphatic carbocycles. The van der Waals surface area contributed by atoms with E-state index >= 15 is 0 Å². The van der Waals surface area contributed by atoms with E-state index < -0.39 is 0 Å². The van der Waals surface area contributed by atoms with Gasteiger partial charge < -0.3 is 9.15 Å². The number of carbonyl (C=O) groups is 1. The monoisotopic (exact) mass is 397 g/mol. The Bertz CT molecular complexity index is 1050. The molecule has 1 aromatic carbocycles. The normalized spacial score (nSPS) is 10.7. The Balaban J connectivity index is 1.51. The summed E-state index contributed by atoms with van der Waals surface area (Å²) in [6, 6.07) is 11.3. The molecule has 1 N–H and O–H groups in total. The van der Waals surface area contributed by atoms with E-state index in [9.17, 15) is 4.79 Å². The van der Waals surface area contributed by atoms with Crippen molar-refractivity contribution in [3.8, 4) is 27.8 Å². The molecule has 0 saturated heterocycles. The SMILES string of the molecule is CCOc1ccccc1-c1csc(NC(=O)c2csc(-c3ccco3)n2)n1. The number of nitrogens with zero attached hydrogens (tertiary/aromatic N) is 2. The van der Waals surface area contributed by atoms with Gasteiger partial charge in [0, 0.05) is 16.3 Å². The second-order valence-electron chi connectivity index (χ2n) is 5.44. The zero-order valence-corrected chi connectivity index (χ0v) is 16.0. The van der Waals surface area contributed by atoms with Crippen molar-refractivity contribution >= 4 is 33.7 Å². The molecule has 1 amide bonds. The fraction of sp³-hybridized carbons (Fsp3) is 0.105. The highest BCUT2D eigenvalue weighted by Gasteiger charge is 2.16. The van der Waals surface area contributed by atoms with Crippen molar-refractivity contribution in [1.82, 2.24) is 9.97 Å². The first-order chi connectivity index (χ1) is 13.2. The van der Waals surface area contributed by atoms with Crippen LogP contribution in [0.15, 0.2) is 57.8 Å². The van der Waals surface area contributed by atoms with Crippen LogP contribution in [0.25, 0.3) is 22.0 Å². The number of aromatic nitrogens is 2. The van der Waals surface area contributed by atoms with Crippen molar-refractivity contribution in [2.75, 3.05) is 11.9 Å². The van der Waals surface area contributed by atoms with Gasteiger partial charge in [-0.25, -0.2) is 9.97 Å². The lowest BCUT2D eigenvalue weighted by molar-refractivity contribution is 0.102. The highest BCUT2D eigenvalue weighted by Crippen LogP contribution is 2.32. The summed E-state index contributed by atoms with van der Waals surface area (Å²) in [5.41, 5.74) is 1.98. The van der Waals surface area contributed by atoms with Crippen LogP contribution in [0.2, 0.25) is 0 Å². The zero-order chi connectivity index (χ0) is 18.6. The Morgan fingerprint density at radius 1 is 1.15 bits per heavy atom. The van der Waals surface area contributed by atoms with Crippen molar-refractivity contribution in [3.05, 3.63) is 59.1 Å². The van der Waals surface area contributed by atoms with Gasteiger partial charge in [0.25, 0.3) is 5.91 Å². The average molecular weight is 397 g/mol. The van der Waals surface area contributed by atoms with Gasteiger partial charge in [-0.1, -0.05) is 12.1 Å². The van der Waals surface area contributed by atoms with E-state index in [0.717, 1.165) is 17.0 Å². The lowest BCUT2D eigenvalue weighted by Crippen LogP contribution is -2.12. The maximum Gasteiger partial charge on any atom is 0.276 e. The summed E-state index contributed by atoms with van der Waals surface area (Å²) >= 11 is 2.71. The third-order valence-electron chi connectivity index (χ3n) is 3.66. The van der Waals surface area contributed by atoms with Crippen LogP contribution < -0.4 is 10.1 Å².